The van der Waals surface area contributed by atoms with E-state index < -0.39 is 0 Å². The van der Waals surface area contributed by atoms with Gasteiger partial charge in [0.25, 0.3) is 0 Å². The minimum absolute atomic E-state index is 0.387. The summed E-state index contributed by atoms with van der Waals surface area (Å²) in [5, 5.41) is 3.79. The zero-order valence-electron chi connectivity index (χ0n) is 13.2. The molecule has 0 bridgehead atoms. The van der Waals surface area contributed by atoms with E-state index in [-0.39, 0.29) is 0 Å². The molecular weight excluding hydrogens is 230 g/mol. The molecule has 0 aromatic heterocycles. The van der Waals surface area contributed by atoms with E-state index in [0.717, 1.165) is 6.54 Å². The molecule has 1 heteroatoms. The number of hydrogen-bond acceptors (Lipinski definition) is 1. The van der Waals surface area contributed by atoms with Gasteiger partial charge < -0.3 is 5.32 Å². The predicted molar refractivity (Wildman–Crippen MR) is 85.4 cm³/mol. The van der Waals surface area contributed by atoms with Gasteiger partial charge >= 0.3 is 0 Å². The molecule has 1 atom stereocenters. The summed E-state index contributed by atoms with van der Waals surface area (Å²) in [7, 11) is 0. The quantitative estimate of drug-likeness (QED) is 0.592. The monoisotopic (exact) mass is 261 g/mol. The van der Waals surface area contributed by atoms with Crippen LogP contribution in [-0.2, 0) is 0 Å². The summed E-state index contributed by atoms with van der Waals surface area (Å²) in [5.41, 5.74) is 1.82. The number of hydrogen-bond donors (Lipinski definition) is 1. The Kier molecular flexibility index (Phi) is 7.15. The fraction of sp³-hybridized carbons (Fsp3) is 0.667. The Balaban J connectivity index is 2.59. The highest BCUT2D eigenvalue weighted by molar-refractivity contribution is 5.18. The largest absolute Gasteiger partial charge is 0.309 e. The lowest BCUT2D eigenvalue weighted by atomic mass is 9.89. The van der Waals surface area contributed by atoms with Gasteiger partial charge in [-0.15, -0.1) is 0 Å². The lowest BCUT2D eigenvalue weighted by Crippen LogP contribution is -2.32. The van der Waals surface area contributed by atoms with E-state index in [9.17, 15) is 0 Å². The third kappa shape index (κ3) is 6.24. The molecule has 0 aliphatic heterocycles. The van der Waals surface area contributed by atoms with Gasteiger partial charge in [0.05, 0.1) is 0 Å². The van der Waals surface area contributed by atoms with Crippen molar-refractivity contribution in [2.45, 2.75) is 65.8 Å². The molecule has 1 aromatic rings. The van der Waals surface area contributed by atoms with Gasteiger partial charge in [0.2, 0.25) is 0 Å². The van der Waals surface area contributed by atoms with Crippen LogP contribution in [0.25, 0.3) is 0 Å². The van der Waals surface area contributed by atoms with Gasteiger partial charge in [0.1, 0.15) is 0 Å². The van der Waals surface area contributed by atoms with Crippen molar-refractivity contribution >= 4 is 0 Å². The van der Waals surface area contributed by atoms with Crippen LogP contribution in [0.4, 0.5) is 0 Å². The first kappa shape index (κ1) is 16.2. The van der Waals surface area contributed by atoms with E-state index in [1.165, 1.54) is 37.7 Å². The van der Waals surface area contributed by atoms with Gasteiger partial charge in [-0.05, 0) is 23.8 Å². The van der Waals surface area contributed by atoms with E-state index in [4.69, 9.17) is 0 Å². The molecule has 1 aromatic carbocycles. The second-order valence-electron chi connectivity index (χ2n) is 6.36. The Morgan fingerprint density at radius 1 is 1.05 bits per heavy atom. The molecule has 1 nitrogen and oxygen atoms in total. The number of rotatable bonds is 9. The molecule has 108 valence electrons. The third-order valence-electron chi connectivity index (χ3n) is 4.08. The van der Waals surface area contributed by atoms with Gasteiger partial charge in [0.15, 0.2) is 0 Å². The maximum atomic E-state index is 3.79. The van der Waals surface area contributed by atoms with Gasteiger partial charge in [-0.25, -0.2) is 0 Å². The van der Waals surface area contributed by atoms with Crippen LogP contribution < -0.4 is 5.32 Å². The SMILES string of the molecule is CCCCCC(NCC(C)(C)CC)c1ccccc1. The highest BCUT2D eigenvalue weighted by atomic mass is 14.9. The van der Waals surface area contributed by atoms with Crippen LogP contribution in [0, 0.1) is 5.41 Å². The average molecular weight is 261 g/mol. The van der Waals surface area contributed by atoms with Crippen molar-refractivity contribution in [3.63, 3.8) is 0 Å². The van der Waals surface area contributed by atoms with Crippen LogP contribution in [0.1, 0.15) is 71.4 Å². The van der Waals surface area contributed by atoms with E-state index in [0.29, 0.717) is 11.5 Å². The maximum Gasteiger partial charge on any atom is 0.0320 e. The fourth-order valence-corrected chi connectivity index (χ4v) is 2.19. The zero-order valence-corrected chi connectivity index (χ0v) is 13.2. The molecule has 1 rings (SSSR count). The van der Waals surface area contributed by atoms with Crippen LogP contribution in [0.2, 0.25) is 0 Å². The van der Waals surface area contributed by atoms with Crippen molar-refractivity contribution in [3.05, 3.63) is 35.9 Å². The van der Waals surface area contributed by atoms with Crippen LogP contribution >= 0.6 is 0 Å². The maximum absolute atomic E-state index is 3.79. The molecule has 0 radical (unpaired) electrons. The molecule has 0 heterocycles. The Bertz CT molecular complexity index is 329. The molecule has 0 amide bonds. The van der Waals surface area contributed by atoms with Crippen molar-refractivity contribution in [2.24, 2.45) is 5.41 Å². The second kappa shape index (κ2) is 8.37. The topological polar surface area (TPSA) is 12.0 Å². The van der Waals surface area contributed by atoms with E-state index in [1.807, 2.05) is 0 Å². The van der Waals surface area contributed by atoms with Crippen molar-refractivity contribution in [3.8, 4) is 0 Å². The minimum Gasteiger partial charge on any atom is -0.309 e. The predicted octanol–water partition coefficient (Wildman–Crippen LogP) is 5.33. The smallest absolute Gasteiger partial charge is 0.0320 e. The van der Waals surface area contributed by atoms with E-state index in [1.54, 1.807) is 0 Å². The van der Waals surface area contributed by atoms with Gasteiger partial charge in [-0.3, -0.25) is 0 Å². The molecule has 0 spiro atoms. The minimum atomic E-state index is 0.387. The van der Waals surface area contributed by atoms with Crippen LogP contribution in [0.5, 0.6) is 0 Å². The van der Waals surface area contributed by atoms with Crippen molar-refractivity contribution < 1.29 is 0 Å². The molecule has 0 saturated heterocycles. The summed E-state index contributed by atoms with van der Waals surface area (Å²) in [6, 6.07) is 11.4. The average Bonchev–Trinajstić information content (AvgIpc) is 2.43. The lowest BCUT2D eigenvalue weighted by molar-refractivity contribution is 0.302. The van der Waals surface area contributed by atoms with Crippen molar-refractivity contribution in [1.82, 2.24) is 5.32 Å². The molecule has 0 aliphatic rings. The Hall–Kier alpha value is -0.820. The lowest BCUT2D eigenvalue weighted by Gasteiger charge is -2.27. The summed E-state index contributed by atoms with van der Waals surface area (Å²) in [4.78, 5) is 0. The number of benzene rings is 1. The Morgan fingerprint density at radius 2 is 1.74 bits per heavy atom. The van der Waals surface area contributed by atoms with Crippen molar-refractivity contribution in [2.75, 3.05) is 6.54 Å². The Morgan fingerprint density at radius 3 is 2.32 bits per heavy atom. The third-order valence-corrected chi connectivity index (χ3v) is 4.08. The fourth-order valence-electron chi connectivity index (χ4n) is 2.19. The summed E-state index contributed by atoms with van der Waals surface area (Å²) in [6.45, 7) is 10.3. The summed E-state index contributed by atoms with van der Waals surface area (Å²) >= 11 is 0. The molecule has 19 heavy (non-hydrogen) atoms. The van der Waals surface area contributed by atoms with Gasteiger partial charge in [-0.2, -0.15) is 0 Å². The molecule has 1 N–H and O–H groups in total. The molecular formula is C18H31N. The Labute approximate surface area is 119 Å². The van der Waals surface area contributed by atoms with Crippen LogP contribution in [0.3, 0.4) is 0 Å². The summed E-state index contributed by atoms with van der Waals surface area (Å²) in [5.74, 6) is 0. The molecule has 0 aliphatic carbocycles. The first-order valence-electron chi connectivity index (χ1n) is 7.87. The standard InChI is InChI=1S/C18H31N/c1-5-7-9-14-17(16-12-10-8-11-13-16)19-15-18(3,4)6-2/h8,10-13,17,19H,5-7,9,14-15H2,1-4H3. The van der Waals surface area contributed by atoms with E-state index in [2.05, 4.69) is 63.3 Å². The van der Waals surface area contributed by atoms with Gasteiger partial charge in [0, 0.05) is 12.6 Å². The van der Waals surface area contributed by atoms with Gasteiger partial charge in [-0.1, -0.05) is 77.3 Å². The van der Waals surface area contributed by atoms with E-state index >= 15 is 0 Å². The van der Waals surface area contributed by atoms with Crippen LogP contribution in [-0.4, -0.2) is 6.54 Å². The number of unbranched alkanes of at least 4 members (excludes halogenated alkanes) is 2. The number of nitrogens with one attached hydrogen (secondary N) is 1. The van der Waals surface area contributed by atoms with Crippen molar-refractivity contribution in [1.29, 1.82) is 0 Å². The van der Waals surface area contributed by atoms with Crippen LogP contribution in [0.15, 0.2) is 30.3 Å². The summed E-state index contributed by atoms with van der Waals surface area (Å²) in [6.07, 6.45) is 6.41. The highest BCUT2D eigenvalue weighted by Crippen LogP contribution is 2.23. The first-order valence-corrected chi connectivity index (χ1v) is 7.87. The molecule has 0 saturated carbocycles. The second-order valence-corrected chi connectivity index (χ2v) is 6.36. The molecule has 1 unspecified atom stereocenters. The highest BCUT2D eigenvalue weighted by Gasteiger charge is 2.18. The zero-order chi connectivity index (χ0) is 14.1. The summed E-state index contributed by atoms with van der Waals surface area (Å²) < 4.78 is 0. The normalized spacial score (nSPS) is 13.5. The first-order chi connectivity index (χ1) is 9.09. The molecule has 0 fully saturated rings.